The van der Waals surface area contributed by atoms with Gasteiger partial charge < -0.3 is 5.32 Å². The van der Waals surface area contributed by atoms with E-state index in [1.807, 2.05) is 0 Å². The van der Waals surface area contributed by atoms with Crippen molar-refractivity contribution in [1.82, 2.24) is 9.78 Å². The van der Waals surface area contributed by atoms with E-state index in [1.54, 1.807) is 7.05 Å². The first-order valence-electron chi connectivity index (χ1n) is 5.94. The number of hydrogen-bond acceptors (Lipinski definition) is 2. The molecule has 1 aliphatic rings. The van der Waals surface area contributed by atoms with Crippen molar-refractivity contribution in [2.75, 3.05) is 5.32 Å². The van der Waals surface area contributed by atoms with E-state index in [9.17, 15) is 18.0 Å². The Morgan fingerprint density at radius 2 is 2.00 bits per heavy atom. The summed E-state index contributed by atoms with van der Waals surface area (Å²) in [7, 11) is 1.63. The molecule has 0 unspecified atom stereocenters. The highest BCUT2D eigenvalue weighted by molar-refractivity contribution is 5.94. The topological polar surface area (TPSA) is 46.9 Å². The minimum atomic E-state index is -1.53. The van der Waals surface area contributed by atoms with Crippen LogP contribution >= 0.6 is 0 Å². The Morgan fingerprint density at radius 1 is 1.25 bits per heavy atom. The molecule has 0 saturated heterocycles. The molecular formula is C13H10F3N3O. The van der Waals surface area contributed by atoms with Gasteiger partial charge in [0.2, 0.25) is 5.91 Å². The molecule has 2 heterocycles. The van der Waals surface area contributed by atoms with Crippen LogP contribution in [0.25, 0.3) is 0 Å². The SMILES string of the molecule is Cn1ncc2c1NC(=O)C[C@@H]2c1ccc(F)c(F)c1F. The number of halogens is 3. The molecule has 0 saturated carbocycles. The second-order valence-corrected chi connectivity index (χ2v) is 4.64. The van der Waals surface area contributed by atoms with Crippen LogP contribution in [0, 0.1) is 17.5 Å². The lowest BCUT2D eigenvalue weighted by Gasteiger charge is -2.23. The molecule has 20 heavy (non-hydrogen) atoms. The molecule has 104 valence electrons. The van der Waals surface area contributed by atoms with Gasteiger partial charge in [-0.3, -0.25) is 9.48 Å². The molecule has 0 radical (unpaired) electrons. The highest BCUT2D eigenvalue weighted by Gasteiger charge is 2.32. The molecule has 1 aromatic carbocycles. The normalized spacial score (nSPS) is 17.8. The van der Waals surface area contributed by atoms with Gasteiger partial charge in [0.05, 0.1) is 6.20 Å². The summed E-state index contributed by atoms with van der Waals surface area (Å²) in [5.41, 5.74) is 0.532. The average Bonchev–Trinajstić information content (AvgIpc) is 2.77. The first-order chi connectivity index (χ1) is 9.49. The van der Waals surface area contributed by atoms with E-state index >= 15 is 0 Å². The van der Waals surface area contributed by atoms with Gasteiger partial charge in [0.1, 0.15) is 5.82 Å². The fourth-order valence-electron chi connectivity index (χ4n) is 2.43. The van der Waals surface area contributed by atoms with Gasteiger partial charge in [-0.25, -0.2) is 13.2 Å². The van der Waals surface area contributed by atoms with Crippen LogP contribution in [0.15, 0.2) is 18.3 Å². The number of carbonyl (C=O) groups is 1. The van der Waals surface area contributed by atoms with Gasteiger partial charge in [-0.15, -0.1) is 0 Å². The van der Waals surface area contributed by atoms with Gasteiger partial charge in [-0.05, 0) is 11.6 Å². The molecule has 1 N–H and O–H groups in total. The number of benzene rings is 1. The minimum absolute atomic E-state index is 0.0410. The van der Waals surface area contributed by atoms with Crippen molar-refractivity contribution in [1.29, 1.82) is 0 Å². The zero-order valence-corrected chi connectivity index (χ0v) is 10.5. The summed E-state index contributed by atoms with van der Waals surface area (Å²) in [5.74, 6) is -4.61. The smallest absolute Gasteiger partial charge is 0.226 e. The second-order valence-electron chi connectivity index (χ2n) is 4.64. The number of nitrogens with zero attached hydrogens (tertiary/aromatic N) is 2. The molecule has 0 aliphatic carbocycles. The summed E-state index contributed by atoms with van der Waals surface area (Å²) in [4.78, 5) is 11.7. The Bertz CT molecular complexity index is 711. The summed E-state index contributed by atoms with van der Waals surface area (Å²) in [6.07, 6.45) is 1.45. The Hall–Kier alpha value is -2.31. The number of rotatable bonds is 1. The molecule has 1 aromatic heterocycles. The van der Waals surface area contributed by atoms with Gasteiger partial charge in [-0.1, -0.05) is 6.07 Å². The maximum atomic E-state index is 13.9. The van der Waals surface area contributed by atoms with Crippen molar-refractivity contribution < 1.29 is 18.0 Å². The zero-order chi connectivity index (χ0) is 14.4. The first-order valence-corrected chi connectivity index (χ1v) is 5.94. The van der Waals surface area contributed by atoms with Crippen molar-refractivity contribution >= 4 is 11.7 Å². The summed E-state index contributed by atoms with van der Waals surface area (Å²) >= 11 is 0. The lowest BCUT2D eigenvalue weighted by molar-refractivity contribution is -0.116. The standard InChI is InChI=1S/C13H10F3N3O/c1-19-13-8(5-17-19)7(4-10(20)18-13)6-2-3-9(14)12(16)11(6)15/h2-3,5,7H,4H2,1H3,(H,18,20)/t7-/m1/s1. The quantitative estimate of drug-likeness (QED) is 0.815. The predicted octanol–water partition coefficient (Wildman–Crippen LogP) is 2.31. The van der Waals surface area contributed by atoms with E-state index in [-0.39, 0.29) is 17.9 Å². The lowest BCUT2D eigenvalue weighted by atomic mass is 9.87. The van der Waals surface area contributed by atoms with Crippen LogP contribution in [-0.2, 0) is 11.8 Å². The van der Waals surface area contributed by atoms with Crippen LogP contribution in [0.2, 0.25) is 0 Å². The van der Waals surface area contributed by atoms with E-state index in [2.05, 4.69) is 10.4 Å². The van der Waals surface area contributed by atoms with Gasteiger partial charge >= 0.3 is 0 Å². The van der Waals surface area contributed by atoms with Gasteiger partial charge in [0.25, 0.3) is 0 Å². The fourth-order valence-corrected chi connectivity index (χ4v) is 2.43. The highest BCUT2D eigenvalue weighted by Crippen LogP contribution is 2.38. The Labute approximate surface area is 112 Å². The first kappa shape index (κ1) is 12.7. The van der Waals surface area contributed by atoms with Crippen molar-refractivity contribution in [3.05, 3.63) is 46.9 Å². The Morgan fingerprint density at radius 3 is 2.75 bits per heavy atom. The number of aromatic nitrogens is 2. The van der Waals surface area contributed by atoms with E-state index in [0.717, 1.165) is 12.1 Å². The molecule has 2 aromatic rings. The number of carbonyl (C=O) groups excluding carboxylic acids is 1. The fraction of sp³-hybridized carbons (Fsp3) is 0.231. The maximum Gasteiger partial charge on any atom is 0.226 e. The third kappa shape index (κ3) is 1.77. The van der Waals surface area contributed by atoms with Crippen LogP contribution in [0.3, 0.4) is 0 Å². The Kier molecular flexibility index (Phi) is 2.77. The molecular weight excluding hydrogens is 271 g/mol. The predicted molar refractivity (Wildman–Crippen MR) is 64.6 cm³/mol. The van der Waals surface area contributed by atoms with Crippen molar-refractivity contribution in [2.24, 2.45) is 7.05 Å². The van der Waals surface area contributed by atoms with Crippen LogP contribution in [0.5, 0.6) is 0 Å². The van der Waals surface area contributed by atoms with Gasteiger partial charge in [0.15, 0.2) is 17.5 Å². The summed E-state index contributed by atoms with van der Waals surface area (Å²) in [6, 6.07) is 2.02. The van der Waals surface area contributed by atoms with E-state index in [4.69, 9.17) is 0 Å². The largest absolute Gasteiger partial charge is 0.311 e. The molecule has 1 atom stereocenters. The number of hydrogen-bond donors (Lipinski definition) is 1. The van der Waals surface area contributed by atoms with Crippen molar-refractivity contribution in [3.63, 3.8) is 0 Å². The van der Waals surface area contributed by atoms with Gasteiger partial charge in [0, 0.05) is 24.9 Å². The molecule has 0 bridgehead atoms. The average molecular weight is 281 g/mol. The van der Waals surface area contributed by atoms with E-state index in [0.29, 0.717) is 11.4 Å². The van der Waals surface area contributed by atoms with E-state index in [1.165, 1.54) is 10.9 Å². The number of fused-ring (bicyclic) bond motifs is 1. The summed E-state index contributed by atoms with van der Waals surface area (Å²) < 4.78 is 41.7. The highest BCUT2D eigenvalue weighted by atomic mass is 19.2. The molecule has 7 heteroatoms. The molecule has 4 nitrogen and oxygen atoms in total. The third-order valence-corrected chi connectivity index (χ3v) is 3.43. The molecule has 3 rings (SSSR count). The number of anilines is 1. The monoisotopic (exact) mass is 281 g/mol. The van der Waals surface area contributed by atoms with E-state index < -0.39 is 23.4 Å². The van der Waals surface area contributed by atoms with Crippen molar-refractivity contribution in [3.8, 4) is 0 Å². The number of aryl methyl sites for hydroxylation is 1. The summed E-state index contributed by atoms with van der Waals surface area (Å²) in [5, 5.41) is 6.61. The van der Waals surface area contributed by atoms with Crippen LogP contribution in [0.4, 0.5) is 19.0 Å². The van der Waals surface area contributed by atoms with Crippen molar-refractivity contribution in [2.45, 2.75) is 12.3 Å². The maximum absolute atomic E-state index is 13.9. The van der Waals surface area contributed by atoms with Crippen LogP contribution in [-0.4, -0.2) is 15.7 Å². The Balaban J connectivity index is 2.16. The second kappa shape index (κ2) is 4.36. The third-order valence-electron chi connectivity index (χ3n) is 3.43. The molecule has 1 amide bonds. The molecule has 0 fully saturated rings. The summed E-state index contributed by atoms with van der Waals surface area (Å²) in [6.45, 7) is 0. The number of amides is 1. The molecule has 1 aliphatic heterocycles. The van der Waals surface area contributed by atoms with Crippen LogP contribution < -0.4 is 5.32 Å². The van der Waals surface area contributed by atoms with Crippen LogP contribution in [0.1, 0.15) is 23.5 Å². The number of nitrogens with one attached hydrogen (secondary N) is 1. The van der Waals surface area contributed by atoms with Gasteiger partial charge in [-0.2, -0.15) is 5.10 Å². The lowest BCUT2D eigenvalue weighted by Crippen LogP contribution is -2.25. The molecule has 0 spiro atoms. The minimum Gasteiger partial charge on any atom is -0.311 e. The zero-order valence-electron chi connectivity index (χ0n) is 10.5.